The summed E-state index contributed by atoms with van der Waals surface area (Å²) in [6, 6.07) is 1.80. The first kappa shape index (κ1) is 11.4. The second-order valence-corrected chi connectivity index (χ2v) is 3.02. The Labute approximate surface area is 88.7 Å². The lowest BCUT2D eigenvalue weighted by Gasteiger charge is -2.03. The van der Waals surface area contributed by atoms with Gasteiger partial charge in [-0.2, -0.15) is 0 Å². The molecule has 1 aromatic rings. The second kappa shape index (κ2) is 7.67. The minimum absolute atomic E-state index is 0.543. The van der Waals surface area contributed by atoms with E-state index in [1.807, 2.05) is 0 Å². The third-order valence-corrected chi connectivity index (χ3v) is 1.70. The Hall–Kier alpha value is -0.710. The molecule has 5 heteroatoms. The molecule has 0 saturated carbocycles. The normalized spacial score (nSPS) is 10.4. The van der Waals surface area contributed by atoms with Crippen molar-refractivity contribution in [1.82, 2.24) is 15.3 Å². The fraction of sp³-hybridized carbons (Fsp3) is 0.556. The number of halogens is 1. The molecule has 0 fully saturated rings. The van der Waals surface area contributed by atoms with E-state index in [4.69, 9.17) is 16.3 Å². The van der Waals surface area contributed by atoms with E-state index in [1.54, 1.807) is 18.5 Å². The molecule has 0 aliphatic carbocycles. The molecule has 0 amide bonds. The van der Waals surface area contributed by atoms with Crippen LogP contribution in [0.25, 0.3) is 0 Å². The van der Waals surface area contributed by atoms with Gasteiger partial charge in [0.15, 0.2) is 0 Å². The number of nitrogens with zero attached hydrogens (tertiary/aromatic N) is 2. The van der Waals surface area contributed by atoms with Gasteiger partial charge >= 0.3 is 0 Å². The molecule has 4 nitrogen and oxygen atoms in total. The van der Waals surface area contributed by atoms with Crippen molar-refractivity contribution in [2.45, 2.75) is 6.54 Å². The van der Waals surface area contributed by atoms with Crippen molar-refractivity contribution in [3.8, 4) is 0 Å². The van der Waals surface area contributed by atoms with Crippen LogP contribution in [0.15, 0.2) is 18.5 Å². The third-order valence-electron chi connectivity index (χ3n) is 1.55. The number of nitrogens with one attached hydrogen (secondary N) is 1. The van der Waals surface area contributed by atoms with Crippen molar-refractivity contribution in [3.05, 3.63) is 24.3 Å². The maximum atomic E-state index is 5.44. The molecule has 14 heavy (non-hydrogen) atoms. The Balaban J connectivity index is 1.99. The van der Waals surface area contributed by atoms with Gasteiger partial charge in [0.1, 0.15) is 5.82 Å². The second-order valence-electron chi connectivity index (χ2n) is 2.64. The van der Waals surface area contributed by atoms with Crippen molar-refractivity contribution in [2.75, 3.05) is 25.6 Å². The van der Waals surface area contributed by atoms with Gasteiger partial charge in [0.2, 0.25) is 0 Å². The fourth-order valence-corrected chi connectivity index (χ4v) is 1.03. The molecule has 0 unspecified atom stereocenters. The molecule has 0 aliphatic heterocycles. The molecule has 0 saturated heterocycles. The van der Waals surface area contributed by atoms with Crippen molar-refractivity contribution >= 4 is 11.6 Å². The highest BCUT2D eigenvalue weighted by Gasteiger charge is 1.93. The molecule has 0 radical (unpaired) electrons. The van der Waals surface area contributed by atoms with Crippen LogP contribution >= 0.6 is 11.6 Å². The minimum Gasteiger partial charge on any atom is -0.379 e. The monoisotopic (exact) mass is 215 g/mol. The van der Waals surface area contributed by atoms with Gasteiger partial charge in [-0.25, -0.2) is 9.97 Å². The minimum atomic E-state index is 0.543. The van der Waals surface area contributed by atoms with E-state index in [0.29, 0.717) is 25.6 Å². The Morgan fingerprint density at radius 3 is 2.79 bits per heavy atom. The van der Waals surface area contributed by atoms with E-state index in [1.165, 1.54) is 0 Å². The molecular formula is C9H14ClN3O. The number of aromatic nitrogens is 2. The van der Waals surface area contributed by atoms with Gasteiger partial charge in [0.25, 0.3) is 0 Å². The Morgan fingerprint density at radius 1 is 1.29 bits per heavy atom. The van der Waals surface area contributed by atoms with Crippen molar-refractivity contribution in [1.29, 1.82) is 0 Å². The molecule has 1 heterocycles. The molecule has 0 bridgehead atoms. The standard InChI is InChI=1S/C9H14ClN3O/c10-2-6-14-7-5-11-8-9-12-3-1-4-13-9/h1,3-4,11H,2,5-8H2. The van der Waals surface area contributed by atoms with Crippen LogP contribution in [0.5, 0.6) is 0 Å². The van der Waals surface area contributed by atoms with Crippen LogP contribution < -0.4 is 5.32 Å². The molecule has 1 aromatic heterocycles. The Morgan fingerprint density at radius 2 is 2.07 bits per heavy atom. The highest BCUT2D eigenvalue weighted by atomic mass is 35.5. The number of hydrogen-bond donors (Lipinski definition) is 1. The van der Waals surface area contributed by atoms with Gasteiger partial charge in [0, 0.05) is 24.8 Å². The molecule has 0 spiro atoms. The SMILES string of the molecule is ClCCOCCNCc1ncccn1. The largest absolute Gasteiger partial charge is 0.379 e. The number of ether oxygens (including phenoxy) is 1. The summed E-state index contributed by atoms with van der Waals surface area (Å²) >= 11 is 5.44. The van der Waals surface area contributed by atoms with E-state index in [9.17, 15) is 0 Å². The van der Waals surface area contributed by atoms with Crippen LogP contribution in [0.3, 0.4) is 0 Å². The van der Waals surface area contributed by atoms with Gasteiger partial charge in [0.05, 0.1) is 19.8 Å². The first-order valence-corrected chi connectivity index (χ1v) is 5.07. The van der Waals surface area contributed by atoms with Gasteiger partial charge < -0.3 is 10.1 Å². The van der Waals surface area contributed by atoms with Gasteiger partial charge in [-0.1, -0.05) is 0 Å². The van der Waals surface area contributed by atoms with Crippen molar-refractivity contribution < 1.29 is 4.74 Å². The predicted molar refractivity (Wildman–Crippen MR) is 55.3 cm³/mol. The van der Waals surface area contributed by atoms with E-state index in [0.717, 1.165) is 12.4 Å². The topological polar surface area (TPSA) is 47.0 Å². The lowest BCUT2D eigenvalue weighted by Crippen LogP contribution is -2.20. The Bertz CT molecular complexity index is 233. The maximum Gasteiger partial charge on any atom is 0.141 e. The van der Waals surface area contributed by atoms with Crippen LogP contribution in [-0.4, -0.2) is 35.6 Å². The van der Waals surface area contributed by atoms with E-state index >= 15 is 0 Å². The van der Waals surface area contributed by atoms with E-state index < -0.39 is 0 Å². The summed E-state index contributed by atoms with van der Waals surface area (Å²) in [5.74, 6) is 1.34. The molecule has 1 N–H and O–H groups in total. The molecule has 1 rings (SSSR count). The Kier molecular flexibility index (Phi) is 6.23. The molecule has 78 valence electrons. The zero-order valence-electron chi connectivity index (χ0n) is 7.95. The quantitative estimate of drug-likeness (QED) is 0.541. The van der Waals surface area contributed by atoms with Gasteiger partial charge in [-0.05, 0) is 6.07 Å². The highest BCUT2D eigenvalue weighted by molar-refractivity contribution is 6.17. The summed E-state index contributed by atoms with van der Waals surface area (Å²) in [5, 5.41) is 3.17. The number of hydrogen-bond acceptors (Lipinski definition) is 4. The molecule has 0 atom stereocenters. The maximum absolute atomic E-state index is 5.44. The van der Waals surface area contributed by atoms with E-state index in [-0.39, 0.29) is 0 Å². The van der Waals surface area contributed by atoms with Crippen LogP contribution in [0.4, 0.5) is 0 Å². The van der Waals surface area contributed by atoms with Crippen molar-refractivity contribution in [3.63, 3.8) is 0 Å². The summed E-state index contributed by atoms with van der Waals surface area (Å²) in [6.07, 6.45) is 3.46. The smallest absolute Gasteiger partial charge is 0.141 e. The first-order chi connectivity index (χ1) is 6.93. The van der Waals surface area contributed by atoms with Crippen LogP contribution in [0.1, 0.15) is 5.82 Å². The molecular weight excluding hydrogens is 202 g/mol. The number of rotatable bonds is 7. The zero-order valence-corrected chi connectivity index (χ0v) is 8.70. The van der Waals surface area contributed by atoms with E-state index in [2.05, 4.69) is 15.3 Å². The summed E-state index contributed by atoms with van der Waals surface area (Å²) in [4.78, 5) is 8.15. The average Bonchev–Trinajstić information content (AvgIpc) is 2.25. The summed E-state index contributed by atoms with van der Waals surface area (Å²) in [6.45, 7) is 2.73. The summed E-state index contributed by atoms with van der Waals surface area (Å²) < 4.78 is 5.19. The van der Waals surface area contributed by atoms with Crippen LogP contribution in [0.2, 0.25) is 0 Å². The third kappa shape index (κ3) is 5.11. The summed E-state index contributed by atoms with van der Waals surface area (Å²) in [7, 11) is 0. The first-order valence-electron chi connectivity index (χ1n) is 4.54. The lowest BCUT2D eigenvalue weighted by atomic mass is 10.5. The molecule has 0 aliphatic rings. The fourth-order valence-electron chi connectivity index (χ4n) is 0.922. The van der Waals surface area contributed by atoms with Gasteiger partial charge in [-0.3, -0.25) is 0 Å². The van der Waals surface area contributed by atoms with Crippen LogP contribution in [0, 0.1) is 0 Å². The molecule has 0 aromatic carbocycles. The average molecular weight is 216 g/mol. The summed E-state index contributed by atoms with van der Waals surface area (Å²) in [5.41, 5.74) is 0. The van der Waals surface area contributed by atoms with Crippen LogP contribution in [-0.2, 0) is 11.3 Å². The van der Waals surface area contributed by atoms with Crippen molar-refractivity contribution in [2.24, 2.45) is 0 Å². The number of alkyl halides is 1. The predicted octanol–water partition coefficient (Wildman–Crippen LogP) is 0.822. The highest BCUT2D eigenvalue weighted by Crippen LogP contribution is 1.85. The lowest BCUT2D eigenvalue weighted by molar-refractivity contribution is 0.150. The van der Waals surface area contributed by atoms with Gasteiger partial charge in [-0.15, -0.1) is 11.6 Å². The zero-order chi connectivity index (χ0) is 10.1.